The van der Waals surface area contributed by atoms with Crippen LogP contribution in [0.2, 0.25) is 0 Å². The number of methoxy groups -OCH3 is 1. The van der Waals surface area contributed by atoms with Crippen LogP contribution in [-0.4, -0.2) is 29.7 Å². The highest BCUT2D eigenvalue weighted by molar-refractivity contribution is 5.93. The van der Waals surface area contributed by atoms with Crippen LogP contribution in [0.3, 0.4) is 0 Å². The molecule has 4 aromatic rings. The average Bonchev–Trinajstić information content (AvgIpc) is 2.92. The predicted molar refractivity (Wildman–Crippen MR) is 154 cm³/mol. The smallest absolute Gasteiger partial charge is 0.137 e. The number of nitrogens with zero attached hydrogens (tertiary/aromatic N) is 2. The highest BCUT2D eigenvalue weighted by atomic mass is 16.5. The molecule has 0 radical (unpaired) electrons. The maximum absolute atomic E-state index is 5.49. The molecule has 1 aliphatic heterocycles. The zero-order valence-electron chi connectivity index (χ0n) is 22.7. The topological polar surface area (TPSA) is 47.0 Å². The number of pyridine rings is 2. The molecule has 2 aromatic carbocycles. The minimum atomic E-state index is 0.650. The molecule has 0 spiro atoms. The van der Waals surface area contributed by atoms with Crippen molar-refractivity contribution in [1.29, 1.82) is 0 Å². The van der Waals surface area contributed by atoms with E-state index in [9.17, 15) is 0 Å². The third-order valence-corrected chi connectivity index (χ3v) is 7.77. The maximum Gasteiger partial charge on any atom is 0.137 e. The minimum absolute atomic E-state index is 0.650. The highest BCUT2D eigenvalue weighted by Crippen LogP contribution is 2.36. The van der Waals surface area contributed by atoms with Gasteiger partial charge in [0.2, 0.25) is 0 Å². The van der Waals surface area contributed by atoms with Gasteiger partial charge in [-0.15, -0.1) is 0 Å². The zero-order valence-corrected chi connectivity index (χ0v) is 22.7. The van der Waals surface area contributed by atoms with Crippen molar-refractivity contribution < 1.29 is 4.74 Å². The molecular weight excluding hydrogens is 454 g/mol. The first-order valence-electron chi connectivity index (χ1n) is 13.8. The number of aromatic nitrogens is 2. The molecule has 1 fully saturated rings. The lowest BCUT2D eigenvalue weighted by atomic mass is 9.88. The Morgan fingerprint density at radius 2 is 1.76 bits per heavy atom. The van der Waals surface area contributed by atoms with E-state index in [1.165, 1.54) is 76.4 Å². The summed E-state index contributed by atoms with van der Waals surface area (Å²) >= 11 is 0. The molecule has 1 saturated heterocycles. The molecule has 1 atom stereocenters. The first-order valence-corrected chi connectivity index (χ1v) is 13.8. The van der Waals surface area contributed by atoms with Crippen molar-refractivity contribution >= 4 is 10.9 Å². The predicted octanol–water partition coefficient (Wildman–Crippen LogP) is 7.62. The molecule has 37 heavy (non-hydrogen) atoms. The van der Waals surface area contributed by atoms with Gasteiger partial charge in [-0.1, -0.05) is 42.7 Å². The third-order valence-electron chi connectivity index (χ3n) is 7.77. The van der Waals surface area contributed by atoms with Crippen molar-refractivity contribution in [2.75, 3.05) is 13.7 Å². The fourth-order valence-corrected chi connectivity index (χ4v) is 5.92. The van der Waals surface area contributed by atoms with Crippen LogP contribution in [0.1, 0.15) is 61.3 Å². The normalized spacial score (nSPS) is 15.7. The number of aryl methyl sites for hydroxylation is 4. The van der Waals surface area contributed by atoms with Crippen LogP contribution in [0, 0.1) is 13.8 Å². The first-order chi connectivity index (χ1) is 18.1. The molecule has 0 bridgehead atoms. The van der Waals surface area contributed by atoms with Gasteiger partial charge in [0.15, 0.2) is 0 Å². The van der Waals surface area contributed by atoms with E-state index in [-0.39, 0.29) is 0 Å². The molecule has 2 aromatic heterocycles. The second-order valence-corrected chi connectivity index (χ2v) is 10.6. The van der Waals surface area contributed by atoms with Gasteiger partial charge in [-0.2, -0.15) is 0 Å². The number of rotatable bonds is 8. The summed E-state index contributed by atoms with van der Waals surface area (Å²) in [5.74, 6) is 0.780. The van der Waals surface area contributed by atoms with Gasteiger partial charge in [-0.3, -0.25) is 9.97 Å². The van der Waals surface area contributed by atoms with E-state index in [2.05, 4.69) is 73.7 Å². The van der Waals surface area contributed by atoms with Gasteiger partial charge in [0.25, 0.3) is 0 Å². The summed E-state index contributed by atoms with van der Waals surface area (Å²) in [6.45, 7) is 7.73. The molecule has 0 saturated carbocycles. The maximum atomic E-state index is 5.49. The van der Waals surface area contributed by atoms with Crippen molar-refractivity contribution in [2.24, 2.45) is 0 Å². The highest BCUT2D eigenvalue weighted by Gasteiger charge is 2.17. The number of hydrogen-bond acceptors (Lipinski definition) is 4. The van der Waals surface area contributed by atoms with Gasteiger partial charge >= 0.3 is 0 Å². The fourth-order valence-electron chi connectivity index (χ4n) is 5.92. The van der Waals surface area contributed by atoms with Gasteiger partial charge < -0.3 is 10.1 Å². The Labute approximate surface area is 221 Å². The molecule has 4 nitrogen and oxygen atoms in total. The number of ether oxygens (including phenoxy) is 1. The SMILES string of the molecule is CCc1cc2ncc(-c3cc(C)cc(C)c3)c(CCCC3CCCCN3)c2cc1-c1cncc(OC)c1. The Hall–Kier alpha value is -3.24. The van der Waals surface area contributed by atoms with Crippen molar-refractivity contribution in [3.8, 4) is 28.0 Å². The summed E-state index contributed by atoms with van der Waals surface area (Å²) in [5.41, 5.74) is 11.2. The van der Waals surface area contributed by atoms with Gasteiger partial charge in [0.05, 0.1) is 18.8 Å². The van der Waals surface area contributed by atoms with Crippen LogP contribution in [-0.2, 0) is 12.8 Å². The van der Waals surface area contributed by atoms with Gasteiger partial charge in [-0.25, -0.2) is 0 Å². The molecule has 0 aliphatic carbocycles. The van der Waals surface area contributed by atoms with Crippen LogP contribution < -0.4 is 10.1 Å². The third kappa shape index (κ3) is 5.70. The molecule has 4 heteroatoms. The Morgan fingerprint density at radius 1 is 0.919 bits per heavy atom. The van der Waals surface area contributed by atoms with E-state index in [0.717, 1.165) is 36.2 Å². The van der Waals surface area contributed by atoms with Crippen LogP contribution in [0.25, 0.3) is 33.2 Å². The van der Waals surface area contributed by atoms with Crippen molar-refractivity contribution in [2.45, 2.75) is 71.8 Å². The lowest BCUT2D eigenvalue weighted by molar-refractivity contribution is 0.376. The quantitative estimate of drug-likeness (QED) is 0.274. The Balaban J connectivity index is 1.63. The largest absolute Gasteiger partial charge is 0.495 e. The van der Waals surface area contributed by atoms with Crippen molar-refractivity contribution in [3.63, 3.8) is 0 Å². The Morgan fingerprint density at radius 3 is 2.49 bits per heavy atom. The summed E-state index contributed by atoms with van der Waals surface area (Å²) in [5, 5.41) is 4.98. The number of hydrogen-bond donors (Lipinski definition) is 1. The van der Waals surface area contributed by atoms with E-state index in [1.54, 1.807) is 13.3 Å². The number of piperidine rings is 1. The summed E-state index contributed by atoms with van der Waals surface area (Å²) in [6, 6.07) is 14.2. The molecule has 3 heterocycles. The monoisotopic (exact) mass is 493 g/mol. The Bertz CT molecular complexity index is 1370. The van der Waals surface area contributed by atoms with Gasteiger partial charge in [0, 0.05) is 34.9 Å². The second kappa shape index (κ2) is 11.4. The molecule has 192 valence electrons. The Kier molecular flexibility index (Phi) is 7.85. The molecule has 5 rings (SSSR count). The molecule has 0 amide bonds. The lowest BCUT2D eigenvalue weighted by Gasteiger charge is -2.23. The van der Waals surface area contributed by atoms with Crippen LogP contribution >= 0.6 is 0 Å². The summed E-state index contributed by atoms with van der Waals surface area (Å²) < 4.78 is 5.49. The second-order valence-electron chi connectivity index (χ2n) is 10.6. The molecular formula is C33H39N3O. The molecule has 1 unspecified atom stereocenters. The number of benzene rings is 2. The van der Waals surface area contributed by atoms with Gasteiger partial charge in [-0.05, 0) is 99.4 Å². The first kappa shape index (κ1) is 25.4. The number of nitrogens with one attached hydrogen (secondary N) is 1. The average molecular weight is 494 g/mol. The minimum Gasteiger partial charge on any atom is -0.495 e. The van der Waals surface area contributed by atoms with Crippen LogP contribution in [0.5, 0.6) is 5.75 Å². The van der Waals surface area contributed by atoms with E-state index >= 15 is 0 Å². The van der Waals surface area contributed by atoms with Crippen LogP contribution in [0.4, 0.5) is 0 Å². The standard InChI is InChI=1S/C33H39N3O/c1-5-24-17-33-31(18-30(24)26-16-28(37-4)20-34-19-26)29(11-8-10-27-9-6-7-12-35-27)32(21-36-33)25-14-22(2)13-23(3)15-25/h13-21,27,35H,5-12H2,1-4H3. The van der Waals surface area contributed by atoms with Crippen LogP contribution in [0.15, 0.2) is 55.0 Å². The number of fused-ring (bicyclic) bond motifs is 1. The van der Waals surface area contributed by atoms with Crippen molar-refractivity contribution in [1.82, 2.24) is 15.3 Å². The zero-order chi connectivity index (χ0) is 25.8. The summed E-state index contributed by atoms with van der Waals surface area (Å²) in [6.07, 6.45) is 14.1. The van der Waals surface area contributed by atoms with Crippen molar-refractivity contribution in [3.05, 3.63) is 77.2 Å². The summed E-state index contributed by atoms with van der Waals surface area (Å²) in [4.78, 5) is 9.45. The van der Waals surface area contributed by atoms with E-state index < -0.39 is 0 Å². The molecule has 1 N–H and O–H groups in total. The fraction of sp³-hybridized carbons (Fsp3) is 0.394. The van der Waals surface area contributed by atoms with E-state index in [1.807, 2.05) is 6.20 Å². The van der Waals surface area contributed by atoms with E-state index in [4.69, 9.17) is 9.72 Å². The van der Waals surface area contributed by atoms with E-state index in [0.29, 0.717) is 6.04 Å². The molecule has 1 aliphatic rings. The van der Waals surface area contributed by atoms with Gasteiger partial charge in [0.1, 0.15) is 5.75 Å². The lowest BCUT2D eigenvalue weighted by Crippen LogP contribution is -2.33. The summed E-state index contributed by atoms with van der Waals surface area (Å²) in [7, 11) is 1.70.